The van der Waals surface area contributed by atoms with Crippen molar-refractivity contribution in [3.8, 4) is 5.75 Å². The minimum Gasteiger partial charge on any atom is -0.496 e. The molecule has 0 aliphatic rings. The molecule has 0 saturated heterocycles. The van der Waals surface area contributed by atoms with Gasteiger partial charge >= 0.3 is 0 Å². The van der Waals surface area contributed by atoms with Crippen molar-refractivity contribution in [1.29, 1.82) is 0 Å². The number of nitrogens with zero attached hydrogens (tertiary/aromatic N) is 4. The Labute approximate surface area is 184 Å². The van der Waals surface area contributed by atoms with Crippen molar-refractivity contribution < 1.29 is 4.74 Å². The molecule has 2 aromatic rings. The average Bonchev–Trinajstić information content (AvgIpc) is 2.96. The van der Waals surface area contributed by atoms with Gasteiger partial charge in [0.25, 0.3) is 0 Å². The number of aliphatic imine (C=N–C) groups is 1. The molecule has 0 aliphatic heterocycles. The highest BCUT2D eigenvalue weighted by Crippen LogP contribution is 2.23. The van der Waals surface area contributed by atoms with Gasteiger partial charge in [-0.3, -0.25) is 9.67 Å². The minimum absolute atomic E-state index is 0. The lowest BCUT2D eigenvalue weighted by Gasteiger charge is -2.23. The first-order valence-electron chi connectivity index (χ1n) is 8.62. The minimum atomic E-state index is 0. The number of guanidine groups is 1. The summed E-state index contributed by atoms with van der Waals surface area (Å²) in [6, 6.07) is 5.63. The van der Waals surface area contributed by atoms with E-state index in [2.05, 4.69) is 40.4 Å². The highest BCUT2D eigenvalue weighted by Gasteiger charge is 2.15. The molecule has 0 amide bonds. The van der Waals surface area contributed by atoms with Gasteiger partial charge in [0.2, 0.25) is 0 Å². The van der Waals surface area contributed by atoms with Gasteiger partial charge in [-0.05, 0) is 18.1 Å². The maximum Gasteiger partial charge on any atom is 0.193 e. The van der Waals surface area contributed by atoms with Crippen molar-refractivity contribution in [2.75, 3.05) is 21.2 Å². The summed E-state index contributed by atoms with van der Waals surface area (Å²) in [5.74, 6) is 1.95. The monoisotopic (exact) mass is 505 g/mol. The molecule has 0 radical (unpaired) electrons. The smallest absolute Gasteiger partial charge is 0.193 e. The summed E-state index contributed by atoms with van der Waals surface area (Å²) in [5, 5.41) is 8.61. The number of methoxy groups -OCH3 is 1. The number of aryl methyl sites for hydroxylation is 1. The van der Waals surface area contributed by atoms with Crippen LogP contribution in [-0.2, 0) is 20.1 Å². The Morgan fingerprint density at radius 1 is 1.37 bits per heavy atom. The zero-order valence-electron chi connectivity index (χ0n) is 16.8. The molecule has 0 aliphatic carbocycles. The van der Waals surface area contributed by atoms with Crippen LogP contribution >= 0.6 is 35.6 Å². The zero-order chi connectivity index (χ0) is 19.3. The molecule has 0 spiro atoms. The summed E-state index contributed by atoms with van der Waals surface area (Å²) in [5.41, 5.74) is 3.35. The first kappa shape index (κ1) is 23.6. The lowest BCUT2D eigenvalue weighted by molar-refractivity contribution is 0.408. The second-order valence-electron chi connectivity index (χ2n) is 6.58. The van der Waals surface area contributed by atoms with E-state index in [1.807, 2.05) is 37.0 Å². The highest BCUT2D eigenvalue weighted by molar-refractivity contribution is 14.0. The second kappa shape index (κ2) is 10.8. The summed E-state index contributed by atoms with van der Waals surface area (Å²) < 4.78 is 7.27. The quantitative estimate of drug-likeness (QED) is 0.366. The number of halogens is 2. The van der Waals surface area contributed by atoms with Crippen LogP contribution in [0.2, 0.25) is 5.02 Å². The summed E-state index contributed by atoms with van der Waals surface area (Å²) in [6.07, 6.45) is 2.07. The predicted molar refractivity (Wildman–Crippen MR) is 122 cm³/mol. The van der Waals surface area contributed by atoms with Crippen LogP contribution < -0.4 is 10.1 Å². The lowest BCUT2D eigenvalue weighted by Crippen LogP contribution is -2.38. The molecule has 2 rings (SSSR count). The molecule has 6 nitrogen and oxygen atoms in total. The molecule has 1 N–H and O–H groups in total. The van der Waals surface area contributed by atoms with Crippen LogP contribution in [0.15, 0.2) is 29.4 Å². The van der Waals surface area contributed by atoms with Crippen LogP contribution in [-0.4, -0.2) is 41.8 Å². The Morgan fingerprint density at radius 3 is 2.67 bits per heavy atom. The van der Waals surface area contributed by atoms with Gasteiger partial charge in [-0.2, -0.15) is 5.10 Å². The van der Waals surface area contributed by atoms with Crippen LogP contribution in [0.1, 0.15) is 36.6 Å². The molecule has 0 bridgehead atoms. The van der Waals surface area contributed by atoms with Gasteiger partial charge in [0.1, 0.15) is 5.75 Å². The fourth-order valence-electron chi connectivity index (χ4n) is 2.92. The van der Waals surface area contributed by atoms with Crippen molar-refractivity contribution in [2.45, 2.75) is 32.9 Å². The van der Waals surface area contributed by atoms with E-state index in [1.165, 1.54) is 5.56 Å². The van der Waals surface area contributed by atoms with Gasteiger partial charge in [0.05, 0.1) is 12.8 Å². The van der Waals surface area contributed by atoms with Crippen LogP contribution in [0.5, 0.6) is 5.75 Å². The Bertz CT molecular complexity index is 775. The van der Waals surface area contributed by atoms with Crippen molar-refractivity contribution in [3.05, 3.63) is 46.2 Å². The lowest BCUT2D eigenvalue weighted by atomic mass is 10.1. The Morgan fingerprint density at radius 2 is 2.07 bits per heavy atom. The topological polar surface area (TPSA) is 54.7 Å². The van der Waals surface area contributed by atoms with E-state index in [9.17, 15) is 0 Å². The van der Waals surface area contributed by atoms with Gasteiger partial charge in [-0.15, -0.1) is 24.0 Å². The van der Waals surface area contributed by atoms with Crippen LogP contribution in [0.3, 0.4) is 0 Å². The molecule has 1 heterocycles. The number of benzene rings is 1. The van der Waals surface area contributed by atoms with Gasteiger partial charge in [0, 0.05) is 56.6 Å². The first-order chi connectivity index (χ1) is 12.3. The molecule has 0 atom stereocenters. The molecular formula is C19H29ClIN5O. The number of hydrogen-bond acceptors (Lipinski definition) is 3. The standard InChI is InChI=1S/C19H28ClN5O.HI/c1-13(2)18-15(12-25(5)23-18)11-24(4)19(21-3)22-10-14-7-8-16(20)9-17(14)26-6;/h7-9,12-13H,10-11H2,1-6H3,(H,21,22);1H. The van der Waals surface area contributed by atoms with Crippen molar-refractivity contribution in [3.63, 3.8) is 0 Å². The Kier molecular flexibility index (Phi) is 9.38. The molecular weight excluding hydrogens is 477 g/mol. The molecule has 0 fully saturated rings. The van der Waals surface area contributed by atoms with Gasteiger partial charge in [0.15, 0.2) is 5.96 Å². The van der Waals surface area contributed by atoms with Crippen LogP contribution in [0, 0.1) is 0 Å². The summed E-state index contributed by atoms with van der Waals surface area (Å²) in [6.45, 7) is 5.65. The molecule has 150 valence electrons. The van der Waals surface area contributed by atoms with E-state index in [4.69, 9.17) is 16.3 Å². The third-order valence-corrected chi connectivity index (χ3v) is 4.39. The van der Waals surface area contributed by atoms with E-state index in [0.717, 1.165) is 29.5 Å². The maximum absolute atomic E-state index is 6.03. The third-order valence-electron chi connectivity index (χ3n) is 4.15. The summed E-state index contributed by atoms with van der Waals surface area (Å²) in [4.78, 5) is 6.48. The van der Waals surface area contributed by atoms with E-state index in [0.29, 0.717) is 17.5 Å². The Balaban J connectivity index is 0.00000364. The van der Waals surface area contributed by atoms with Gasteiger partial charge in [-0.25, -0.2) is 0 Å². The first-order valence-corrected chi connectivity index (χ1v) is 9.00. The van der Waals surface area contributed by atoms with Crippen LogP contribution in [0.4, 0.5) is 0 Å². The molecule has 8 heteroatoms. The summed E-state index contributed by atoms with van der Waals surface area (Å²) >= 11 is 6.03. The van der Waals surface area contributed by atoms with Crippen molar-refractivity contribution in [1.82, 2.24) is 20.0 Å². The maximum atomic E-state index is 6.03. The average molecular weight is 506 g/mol. The fourth-order valence-corrected chi connectivity index (χ4v) is 3.08. The van der Waals surface area contributed by atoms with Crippen molar-refractivity contribution in [2.24, 2.45) is 12.0 Å². The van der Waals surface area contributed by atoms with E-state index < -0.39 is 0 Å². The zero-order valence-corrected chi connectivity index (χ0v) is 19.9. The predicted octanol–water partition coefficient (Wildman–Crippen LogP) is 4.03. The number of rotatable bonds is 6. The van der Waals surface area contributed by atoms with Gasteiger partial charge < -0.3 is 15.0 Å². The largest absolute Gasteiger partial charge is 0.496 e. The van der Waals surface area contributed by atoms with E-state index in [-0.39, 0.29) is 24.0 Å². The Hall–Kier alpha value is -1.48. The van der Waals surface area contributed by atoms with Crippen molar-refractivity contribution >= 4 is 41.5 Å². The molecule has 27 heavy (non-hydrogen) atoms. The summed E-state index contributed by atoms with van der Waals surface area (Å²) in [7, 11) is 7.40. The number of aromatic nitrogens is 2. The molecule has 1 aromatic carbocycles. The molecule has 0 saturated carbocycles. The number of ether oxygens (including phenoxy) is 1. The molecule has 0 unspecified atom stereocenters. The number of hydrogen-bond donors (Lipinski definition) is 1. The molecule has 1 aromatic heterocycles. The normalized spacial score (nSPS) is 11.3. The SMILES string of the molecule is CN=C(NCc1ccc(Cl)cc1OC)N(C)Cc1cn(C)nc1C(C)C.I. The van der Waals surface area contributed by atoms with E-state index >= 15 is 0 Å². The van der Waals surface area contributed by atoms with E-state index in [1.54, 1.807) is 14.2 Å². The third kappa shape index (κ3) is 6.27. The number of nitrogens with one attached hydrogen (secondary N) is 1. The van der Waals surface area contributed by atoms with Crippen LogP contribution in [0.25, 0.3) is 0 Å². The highest BCUT2D eigenvalue weighted by atomic mass is 127. The fraction of sp³-hybridized carbons (Fsp3) is 0.474. The second-order valence-corrected chi connectivity index (χ2v) is 7.02. The van der Waals surface area contributed by atoms with Gasteiger partial charge in [-0.1, -0.05) is 31.5 Å².